The molecule has 2 aliphatic carbocycles. The molecule has 0 saturated carbocycles. The maximum atomic E-state index is 2.55. The second-order valence-electron chi connectivity index (χ2n) is 11.3. The van der Waals surface area contributed by atoms with Crippen molar-refractivity contribution in [2.75, 3.05) is 0 Å². The Morgan fingerprint density at radius 1 is 0.500 bits per heavy atom. The van der Waals surface area contributed by atoms with Crippen molar-refractivity contribution >= 4 is 0 Å². The molecule has 2 aliphatic rings. The van der Waals surface area contributed by atoms with E-state index in [1.54, 1.807) is 33.4 Å². The number of rotatable bonds is 0. The Labute approximate surface area is 172 Å². The minimum Gasteiger partial charge on any atom is -0.0561 e. The van der Waals surface area contributed by atoms with Crippen LogP contribution in [0.15, 0.2) is 24.3 Å². The number of fused-ring (bicyclic) bond motifs is 1. The molecule has 0 heteroatoms. The van der Waals surface area contributed by atoms with Gasteiger partial charge in [-0.15, -0.1) is 0 Å². The Morgan fingerprint density at radius 2 is 0.893 bits per heavy atom. The third-order valence-corrected chi connectivity index (χ3v) is 7.00. The summed E-state index contributed by atoms with van der Waals surface area (Å²) in [4.78, 5) is 0. The van der Waals surface area contributed by atoms with Gasteiger partial charge in [-0.25, -0.2) is 0 Å². The monoisotopic (exact) mass is 374 g/mol. The molecule has 0 aromatic heterocycles. The van der Waals surface area contributed by atoms with Crippen LogP contribution in [-0.2, 0) is 42.9 Å². The second kappa shape index (κ2) is 7.05. The van der Waals surface area contributed by atoms with Gasteiger partial charge in [0.15, 0.2) is 0 Å². The number of benzene rings is 2. The highest BCUT2D eigenvalue weighted by Crippen LogP contribution is 2.37. The molecule has 0 heterocycles. The summed E-state index contributed by atoms with van der Waals surface area (Å²) in [5, 5.41) is 0. The molecule has 150 valence electrons. The first kappa shape index (κ1) is 19.7. The Bertz CT molecular complexity index is 810. The molecule has 0 fully saturated rings. The molecule has 28 heavy (non-hydrogen) atoms. The fourth-order valence-electron chi connectivity index (χ4n) is 5.13. The van der Waals surface area contributed by atoms with E-state index in [1.807, 2.05) is 0 Å². The lowest BCUT2D eigenvalue weighted by molar-refractivity contribution is 0.585. The van der Waals surface area contributed by atoms with Crippen molar-refractivity contribution in [3.8, 4) is 0 Å². The summed E-state index contributed by atoms with van der Waals surface area (Å²) in [5.41, 5.74) is 13.3. The van der Waals surface area contributed by atoms with E-state index >= 15 is 0 Å². The van der Waals surface area contributed by atoms with Gasteiger partial charge in [-0.2, -0.15) is 0 Å². The lowest BCUT2D eigenvalue weighted by atomic mass is 9.80. The molecule has 4 rings (SSSR count). The Kier molecular flexibility index (Phi) is 4.97. The van der Waals surface area contributed by atoms with Crippen molar-refractivity contribution < 1.29 is 0 Å². The van der Waals surface area contributed by atoms with Gasteiger partial charge in [0, 0.05) is 0 Å². The Morgan fingerprint density at radius 3 is 1.29 bits per heavy atom. The molecule has 0 atom stereocenters. The van der Waals surface area contributed by atoms with Gasteiger partial charge < -0.3 is 0 Å². The molecule has 0 aliphatic heterocycles. The van der Waals surface area contributed by atoms with Crippen LogP contribution in [0.5, 0.6) is 0 Å². The first-order valence-corrected chi connectivity index (χ1v) is 11.4. The van der Waals surface area contributed by atoms with Crippen molar-refractivity contribution in [2.45, 2.75) is 104 Å². The predicted molar refractivity (Wildman–Crippen MR) is 122 cm³/mol. The van der Waals surface area contributed by atoms with Gasteiger partial charge in [-0.1, -0.05) is 72.2 Å². The molecule has 0 nitrogen and oxygen atoms in total. The summed E-state index contributed by atoms with van der Waals surface area (Å²) in [6.45, 7) is 14.2. The van der Waals surface area contributed by atoms with Gasteiger partial charge in [0.1, 0.15) is 0 Å². The van der Waals surface area contributed by atoms with Gasteiger partial charge >= 0.3 is 0 Å². The van der Waals surface area contributed by atoms with E-state index in [-0.39, 0.29) is 10.8 Å². The average molecular weight is 375 g/mol. The highest BCUT2D eigenvalue weighted by atomic mass is 14.3. The summed E-state index contributed by atoms with van der Waals surface area (Å²) < 4.78 is 0. The molecule has 2 bridgehead atoms. The molecule has 0 radical (unpaired) electrons. The SMILES string of the molecule is CC(C)(C)c1cc2c3c(c1)Cc1cc(C(C)(C)C)cc(c1CC3)CCCCC2. The third-order valence-electron chi connectivity index (χ3n) is 7.00. The normalized spacial score (nSPS) is 17.2. The largest absolute Gasteiger partial charge is 0.0561 e. The molecule has 0 amide bonds. The molecule has 0 spiro atoms. The summed E-state index contributed by atoms with van der Waals surface area (Å²) in [6.07, 6.45) is 10.1. The summed E-state index contributed by atoms with van der Waals surface area (Å²) >= 11 is 0. The standard InChI is InChI=1S/C28H38/c1-27(2,3)23-15-19-10-8-7-9-11-20-16-24(28(4,5)6)18-22-14-21(17-23)25(19)12-13-26(20)22/h15-18H,7-14H2,1-6H3. The molecular formula is C28H38. The number of hydrogen-bond donors (Lipinski definition) is 0. The fourth-order valence-corrected chi connectivity index (χ4v) is 5.13. The van der Waals surface area contributed by atoms with E-state index in [0.29, 0.717) is 0 Å². The van der Waals surface area contributed by atoms with E-state index < -0.39 is 0 Å². The van der Waals surface area contributed by atoms with Crippen LogP contribution in [0.2, 0.25) is 0 Å². The van der Waals surface area contributed by atoms with E-state index in [4.69, 9.17) is 0 Å². The fraction of sp³-hybridized carbons (Fsp3) is 0.571. The van der Waals surface area contributed by atoms with Crippen LogP contribution in [0.3, 0.4) is 0 Å². The smallest absolute Gasteiger partial charge is 0.00199 e. The molecule has 0 unspecified atom stereocenters. The Hall–Kier alpha value is -1.56. The summed E-state index contributed by atoms with van der Waals surface area (Å²) in [5.74, 6) is 0. The van der Waals surface area contributed by atoms with Gasteiger partial charge in [-0.05, 0) is 100 Å². The van der Waals surface area contributed by atoms with E-state index in [0.717, 1.165) is 6.42 Å². The first-order chi connectivity index (χ1) is 13.1. The quantitative estimate of drug-likeness (QED) is 0.456. The van der Waals surface area contributed by atoms with Crippen molar-refractivity contribution in [1.82, 2.24) is 0 Å². The molecule has 0 N–H and O–H groups in total. The first-order valence-electron chi connectivity index (χ1n) is 11.4. The predicted octanol–water partition coefficient (Wildman–Crippen LogP) is 7.24. The zero-order valence-electron chi connectivity index (χ0n) is 19.0. The zero-order valence-corrected chi connectivity index (χ0v) is 19.0. The van der Waals surface area contributed by atoms with Crippen LogP contribution < -0.4 is 0 Å². The van der Waals surface area contributed by atoms with Gasteiger partial charge in [-0.3, -0.25) is 0 Å². The third kappa shape index (κ3) is 3.80. The topological polar surface area (TPSA) is 0 Å². The van der Waals surface area contributed by atoms with Gasteiger partial charge in [0.25, 0.3) is 0 Å². The summed E-state index contributed by atoms with van der Waals surface area (Å²) in [6, 6.07) is 10.2. The van der Waals surface area contributed by atoms with Crippen molar-refractivity contribution in [1.29, 1.82) is 0 Å². The molecule has 2 aromatic carbocycles. The number of hydrogen-bond acceptors (Lipinski definition) is 0. The maximum Gasteiger partial charge on any atom is -0.00199 e. The van der Waals surface area contributed by atoms with Crippen LogP contribution in [0.25, 0.3) is 0 Å². The molecule has 0 saturated heterocycles. The van der Waals surface area contributed by atoms with Crippen LogP contribution in [0.4, 0.5) is 0 Å². The van der Waals surface area contributed by atoms with Gasteiger partial charge in [0.2, 0.25) is 0 Å². The summed E-state index contributed by atoms with van der Waals surface area (Å²) in [7, 11) is 0. The lowest BCUT2D eigenvalue weighted by Crippen LogP contribution is -2.15. The van der Waals surface area contributed by atoms with Crippen LogP contribution >= 0.6 is 0 Å². The van der Waals surface area contributed by atoms with Crippen molar-refractivity contribution in [2.24, 2.45) is 0 Å². The van der Waals surface area contributed by atoms with Crippen LogP contribution in [0, 0.1) is 0 Å². The van der Waals surface area contributed by atoms with Crippen molar-refractivity contribution in [3.05, 3.63) is 68.8 Å². The van der Waals surface area contributed by atoms with Gasteiger partial charge in [0.05, 0.1) is 0 Å². The Balaban J connectivity index is 1.93. The lowest BCUT2D eigenvalue weighted by Gasteiger charge is -2.25. The van der Waals surface area contributed by atoms with Crippen LogP contribution in [0.1, 0.15) is 105 Å². The minimum atomic E-state index is 0.217. The maximum absolute atomic E-state index is 2.55. The highest BCUT2D eigenvalue weighted by Gasteiger charge is 2.25. The number of aryl methyl sites for hydroxylation is 2. The van der Waals surface area contributed by atoms with E-state index in [9.17, 15) is 0 Å². The average Bonchev–Trinajstić information content (AvgIpc) is 2.80. The molecule has 2 aromatic rings. The van der Waals surface area contributed by atoms with E-state index in [1.165, 1.54) is 56.1 Å². The van der Waals surface area contributed by atoms with E-state index in [2.05, 4.69) is 65.8 Å². The minimum absolute atomic E-state index is 0.217. The highest BCUT2D eigenvalue weighted by molar-refractivity contribution is 5.51. The van der Waals surface area contributed by atoms with Crippen molar-refractivity contribution in [3.63, 3.8) is 0 Å². The molecular weight excluding hydrogens is 336 g/mol. The van der Waals surface area contributed by atoms with Crippen LogP contribution in [-0.4, -0.2) is 0 Å². The second-order valence-corrected chi connectivity index (χ2v) is 11.3. The zero-order chi connectivity index (χ0) is 20.1.